The lowest BCUT2D eigenvalue weighted by Crippen LogP contribution is -2.38. The maximum absolute atomic E-state index is 12.1. The van der Waals surface area contributed by atoms with Gasteiger partial charge in [-0.25, -0.2) is 0 Å². The molecule has 0 aromatic heterocycles. The van der Waals surface area contributed by atoms with E-state index in [1.807, 2.05) is 17.0 Å². The molecule has 0 aliphatic carbocycles. The molecule has 1 heterocycles. The number of carbonyl (C=O) groups excluding carboxylic acids is 1. The minimum atomic E-state index is 0.141. The summed E-state index contributed by atoms with van der Waals surface area (Å²) in [6.07, 6.45) is 5.87. The highest BCUT2D eigenvalue weighted by Crippen LogP contribution is 2.20. The number of benzene rings is 1. The fourth-order valence-corrected chi connectivity index (χ4v) is 2.53. The zero-order chi connectivity index (χ0) is 13.7. The second-order valence-corrected chi connectivity index (χ2v) is 5.25. The molecule has 1 fully saturated rings. The number of nitrogens with zero attached hydrogens (tertiary/aromatic N) is 1. The Morgan fingerprint density at radius 1 is 1.32 bits per heavy atom. The lowest BCUT2D eigenvalue weighted by atomic mass is 9.94. The molecule has 2 rings (SSSR count). The third kappa shape index (κ3) is 3.98. The second kappa shape index (κ2) is 6.60. The number of phenolic OH excluding ortho intramolecular Hbond substituents is 1. The van der Waals surface area contributed by atoms with E-state index in [1.54, 1.807) is 18.6 Å². The Labute approximate surface area is 115 Å². The Balaban J connectivity index is 1.77. The van der Waals surface area contributed by atoms with Gasteiger partial charge in [0.25, 0.3) is 0 Å². The Kier molecular flexibility index (Phi) is 4.83. The zero-order valence-corrected chi connectivity index (χ0v) is 11.5. The van der Waals surface area contributed by atoms with Crippen LogP contribution in [0, 0.1) is 12.3 Å². The van der Waals surface area contributed by atoms with Crippen molar-refractivity contribution in [2.75, 3.05) is 13.1 Å². The van der Waals surface area contributed by atoms with Gasteiger partial charge in [-0.3, -0.25) is 4.79 Å². The molecule has 1 saturated heterocycles. The van der Waals surface area contributed by atoms with E-state index in [4.69, 9.17) is 0 Å². The van der Waals surface area contributed by atoms with Crippen molar-refractivity contribution in [1.29, 1.82) is 0 Å². The third-order valence-electron chi connectivity index (χ3n) is 3.95. The first-order valence-electron chi connectivity index (χ1n) is 7.09. The number of piperidine rings is 1. The summed E-state index contributed by atoms with van der Waals surface area (Å²) in [5, 5.41) is 9.20. The molecule has 19 heavy (non-hydrogen) atoms. The molecule has 0 saturated carbocycles. The monoisotopic (exact) mass is 260 g/mol. The van der Waals surface area contributed by atoms with Crippen LogP contribution in [-0.4, -0.2) is 29.0 Å². The normalized spacial score (nSPS) is 16.6. The van der Waals surface area contributed by atoms with Gasteiger partial charge in [-0.1, -0.05) is 25.5 Å². The van der Waals surface area contributed by atoms with Crippen molar-refractivity contribution < 1.29 is 9.90 Å². The molecule has 0 spiro atoms. The number of aromatic hydroxyl groups is 1. The van der Waals surface area contributed by atoms with E-state index in [0.717, 1.165) is 37.4 Å². The lowest BCUT2D eigenvalue weighted by molar-refractivity contribution is -0.129. The summed E-state index contributed by atoms with van der Waals surface area (Å²) in [5.41, 5.74) is 1.05. The molecule has 1 radical (unpaired) electrons. The first-order valence-corrected chi connectivity index (χ1v) is 7.09. The molecule has 0 atom stereocenters. The smallest absolute Gasteiger partial charge is 0.226 e. The van der Waals surface area contributed by atoms with Crippen LogP contribution in [0.1, 0.15) is 31.7 Å². The number of amides is 1. The number of phenols is 1. The Bertz CT molecular complexity index is 405. The predicted octanol–water partition coefficient (Wildman–Crippen LogP) is 2.79. The quantitative estimate of drug-likeness (QED) is 0.904. The summed E-state index contributed by atoms with van der Waals surface area (Å²) in [7, 11) is 0. The molecule has 3 heteroatoms. The van der Waals surface area contributed by atoms with Gasteiger partial charge in [-0.05, 0) is 42.9 Å². The Morgan fingerprint density at radius 2 is 1.95 bits per heavy atom. The van der Waals surface area contributed by atoms with E-state index in [2.05, 4.69) is 6.92 Å². The van der Waals surface area contributed by atoms with Gasteiger partial charge in [0, 0.05) is 13.1 Å². The average molecular weight is 260 g/mol. The topological polar surface area (TPSA) is 40.5 Å². The molecule has 1 N–H and O–H groups in total. The number of likely N-dealkylation sites (tertiary alicyclic amines) is 1. The van der Waals surface area contributed by atoms with E-state index in [0.29, 0.717) is 6.42 Å². The van der Waals surface area contributed by atoms with E-state index in [-0.39, 0.29) is 11.7 Å². The number of carbonyl (C=O) groups is 1. The largest absolute Gasteiger partial charge is 0.508 e. The molecule has 1 aliphatic rings. The fourth-order valence-electron chi connectivity index (χ4n) is 2.53. The highest BCUT2D eigenvalue weighted by molar-refractivity contribution is 5.85. The Morgan fingerprint density at radius 3 is 2.53 bits per heavy atom. The minimum absolute atomic E-state index is 0.141. The highest BCUT2D eigenvalue weighted by atomic mass is 16.3. The van der Waals surface area contributed by atoms with Gasteiger partial charge >= 0.3 is 0 Å². The molecule has 1 aliphatic heterocycles. The van der Waals surface area contributed by atoms with Crippen molar-refractivity contribution in [2.45, 2.75) is 32.6 Å². The van der Waals surface area contributed by atoms with E-state index < -0.39 is 0 Å². The van der Waals surface area contributed by atoms with Gasteiger partial charge in [0.15, 0.2) is 0 Å². The lowest BCUT2D eigenvalue weighted by Gasteiger charge is -2.31. The average Bonchev–Trinajstić information content (AvgIpc) is 2.46. The molecule has 1 aromatic rings. The first kappa shape index (κ1) is 13.9. The van der Waals surface area contributed by atoms with Gasteiger partial charge in [0.05, 0.1) is 6.42 Å². The highest BCUT2D eigenvalue weighted by Gasteiger charge is 2.21. The van der Waals surface area contributed by atoms with Gasteiger partial charge in [-0.15, -0.1) is 0 Å². The van der Waals surface area contributed by atoms with Crippen LogP contribution in [0.15, 0.2) is 24.3 Å². The van der Waals surface area contributed by atoms with Crippen LogP contribution in [0.2, 0.25) is 0 Å². The maximum atomic E-state index is 12.1. The zero-order valence-electron chi connectivity index (χ0n) is 11.5. The van der Waals surface area contributed by atoms with E-state index in [9.17, 15) is 9.90 Å². The number of rotatable bonds is 4. The van der Waals surface area contributed by atoms with Crippen LogP contribution in [0.3, 0.4) is 0 Å². The van der Waals surface area contributed by atoms with E-state index >= 15 is 0 Å². The number of hydrogen-bond donors (Lipinski definition) is 1. The van der Waals surface area contributed by atoms with Crippen LogP contribution < -0.4 is 0 Å². The summed E-state index contributed by atoms with van der Waals surface area (Å²) in [4.78, 5) is 14.0. The third-order valence-corrected chi connectivity index (χ3v) is 3.95. The van der Waals surface area contributed by atoms with Crippen LogP contribution in [0.5, 0.6) is 5.75 Å². The van der Waals surface area contributed by atoms with Crippen LogP contribution in [0.4, 0.5) is 0 Å². The van der Waals surface area contributed by atoms with Crippen molar-refractivity contribution in [3.8, 4) is 5.75 Å². The van der Waals surface area contributed by atoms with Gasteiger partial charge in [-0.2, -0.15) is 0 Å². The number of hydrogen-bond acceptors (Lipinski definition) is 2. The molecule has 0 bridgehead atoms. The molecular weight excluding hydrogens is 238 g/mol. The summed E-state index contributed by atoms with van der Waals surface area (Å²) in [5.74, 6) is 1.19. The Hall–Kier alpha value is -1.51. The second-order valence-electron chi connectivity index (χ2n) is 5.25. The van der Waals surface area contributed by atoms with Crippen molar-refractivity contribution in [1.82, 2.24) is 4.90 Å². The summed E-state index contributed by atoms with van der Waals surface area (Å²) in [6.45, 7) is 4.01. The predicted molar refractivity (Wildman–Crippen MR) is 75.7 cm³/mol. The summed E-state index contributed by atoms with van der Waals surface area (Å²) < 4.78 is 0. The molecule has 1 amide bonds. The van der Waals surface area contributed by atoms with Crippen molar-refractivity contribution >= 4 is 5.91 Å². The molecule has 3 nitrogen and oxygen atoms in total. The minimum Gasteiger partial charge on any atom is -0.508 e. The van der Waals surface area contributed by atoms with Crippen LogP contribution >= 0.6 is 0 Å². The van der Waals surface area contributed by atoms with E-state index in [1.165, 1.54) is 6.42 Å². The van der Waals surface area contributed by atoms with Crippen LogP contribution in [-0.2, 0) is 11.2 Å². The van der Waals surface area contributed by atoms with Crippen molar-refractivity contribution in [3.63, 3.8) is 0 Å². The van der Waals surface area contributed by atoms with Crippen molar-refractivity contribution in [2.24, 2.45) is 5.92 Å². The molecular formula is C16H22NO2. The first-order chi connectivity index (χ1) is 9.19. The molecule has 1 aromatic carbocycles. The van der Waals surface area contributed by atoms with Gasteiger partial charge in [0.2, 0.25) is 5.91 Å². The molecule has 103 valence electrons. The molecule has 0 unspecified atom stereocenters. The fraction of sp³-hybridized carbons (Fsp3) is 0.500. The van der Waals surface area contributed by atoms with Crippen molar-refractivity contribution in [3.05, 3.63) is 36.2 Å². The van der Waals surface area contributed by atoms with Crippen LogP contribution in [0.25, 0.3) is 0 Å². The summed E-state index contributed by atoms with van der Waals surface area (Å²) >= 11 is 0. The maximum Gasteiger partial charge on any atom is 0.226 e. The summed E-state index contributed by atoms with van der Waals surface area (Å²) in [6, 6.07) is 7.01. The SMILES string of the molecule is CCC1CCN(C(=O)[CH]Cc2ccc(O)cc2)CC1. The van der Waals surface area contributed by atoms with Gasteiger partial charge in [0.1, 0.15) is 5.75 Å². The van der Waals surface area contributed by atoms with Gasteiger partial charge < -0.3 is 10.0 Å². The standard InChI is InChI=1S/C16H22NO2/c1-2-13-9-11-17(12-10-13)16(19)8-5-14-3-6-15(18)7-4-14/h3-4,6-8,13,18H,2,5,9-12H2,1H3.